The van der Waals surface area contributed by atoms with Crippen molar-refractivity contribution >= 4 is 15.9 Å². The molecule has 1 heterocycles. The molecule has 0 spiro atoms. The van der Waals surface area contributed by atoms with Crippen LogP contribution in [-0.2, 0) is 6.54 Å². The molecule has 0 amide bonds. The number of benzene rings is 2. The van der Waals surface area contributed by atoms with E-state index in [1.807, 2.05) is 24.3 Å². The van der Waals surface area contributed by atoms with Crippen LogP contribution < -0.4 is 19.5 Å². The predicted molar refractivity (Wildman–Crippen MR) is 115 cm³/mol. The number of likely N-dealkylation sites (tertiary alicyclic amines) is 1. The van der Waals surface area contributed by atoms with Gasteiger partial charge in [0, 0.05) is 23.6 Å². The van der Waals surface area contributed by atoms with Gasteiger partial charge in [-0.05, 0) is 61.3 Å². The second-order valence-corrected chi connectivity index (χ2v) is 7.82. The number of halogens is 1. The van der Waals surface area contributed by atoms with Gasteiger partial charge in [0.2, 0.25) is 0 Å². The largest absolute Gasteiger partial charge is 0.497 e. The van der Waals surface area contributed by atoms with Crippen molar-refractivity contribution in [2.24, 2.45) is 0 Å². The number of nitrogens with one attached hydrogen (secondary N) is 1. The summed E-state index contributed by atoms with van der Waals surface area (Å²) in [5.41, 5.74) is 2.47. The van der Waals surface area contributed by atoms with Gasteiger partial charge in [-0.1, -0.05) is 28.1 Å². The van der Waals surface area contributed by atoms with Crippen molar-refractivity contribution in [1.82, 2.24) is 10.2 Å². The Hall–Kier alpha value is -1.76. The van der Waals surface area contributed by atoms with E-state index in [0.717, 1.165) is 53.5 Å². The lowest BCUT2D eigenvalue weighted by Crippen LogP contribution is -2.34. The van der Waals surface area contributed by atoms with E-state index in [1.54, 1.807) is 21.3 Å². The average molecular weight is 449 g/mol. The summed E-state index contributed by atoms with van der Waals surface area (Å²) in [5.74, 6) is 2.37. The summed E-state index contributed by atoms with van der Waals surface area (Å²) < 4.78 is 17.1. The monoisotopic (exact) mass is 448 g/mol. The van der Waals surface area contributed by atoms with E-state index >= 15 is 0 Å². The lowest BCUT2D eigenvalue weighted by atomic mass is 10.0. The first-order valence-electron chi connectivity index (χ1n) is 9.65. The minimum Gasteiger partial charge on any atom is -0.497 e. The first-order chi connectivity index (χ1) is 13.7. The van der Waals surface area contributed by atoms with Crippen molar-refractivity contribution < 1.29 is 14.2 Å². The third-order valence-electron chi connectivity index (χ3n) is 5.29. The summed E-state index contributed by atoms with van der Waals surface area (Å²) in [6.07, 6.45) is 2.54. The minimum atomic E-state index is 0.354. The van der Waals surface area contributed by atoms with Crippen molar-refractivity contribution in [1.29, 1.82) is 0 Å². The highest BCUT2D eigenvalue weighted by Gasteiger charge is 2.23. The molecule has 0 radical (unpaired) electrons. The molecule has 0 bridgehead atoms. The highest BCUT2D eigenvalue weighted by Crippen LogP contribution is 2.33. The van der Waals surface area contributed by atoms with Crippen LogP contribution in [0.4, 0.5) is 0 Å². The van der Waals surface area contributed by atoms with Crippen LogP contribution in [0.3, 0.4) is 0 Å². The van der Waals surface area contributed by atoms with Gasteiger partial charge in [-0.15, -0.1) is 0 Å². The molecule has 6 heteroatoms. The van der Waals surface area contributed by atoms with Gasteiger partial charge >= 0.3 is 0 Å². The van der Waals surface area contributed by atoms with E-state index in [1.165, 1.54) is 18.4 Å². The molecule has 1 aliphatic heterocycles. The molecular formula is C22H29BrN2O3. The molecule has 1 atom stereocenters. The molecule has 152 valence electrons. The van der Waals surface area contributed by atoms with E-state index < -0.39 is 0 Å². The van der Waals surface area contributed by atoms with Gasteiger partial charge in [-0.25, -0.2) is 0 Å². The highest BCUT2D eigenvalue weighted by atomic mass is 79.9. The quantitative estimate of drug-likeness (QED) is 0.615. The van der Waals surface area contributed by atoms with Gasteiger partial charge in [-0.3, -0.25) is 4.90 Å². The number of hydrogen-bond acceptors (Lipinski definition) is 5. The van der Waals surface area contributed by atoms with Crippen LogP contribution in [0.15, 0.2) is 40.9 Å². The van der Waals surface area contributed by atoms with Gasteiger partial charge in [0.1, 0.15) is 5.75 Å². The summed E-state index contributed by atoms with van der Waals surface area (Å²) in [6, 6.07) is 12.8. The van der Waals surface area contributed by atoms with Crippen LogP contribution in [0.5, 0.6) is 17.2 Å². The van der Waals surface area contributed by atoms with Crippen LogP contribution in [0.25, 0.3) is 0 Å². The maximum Gasteiger partial charge on any atom is 0.161 e. The number of nitrogens with zero attached hydrogens (tertiary/aromatic N) is 1. The molecule has 2 aromatic carbocycles. The van der Waals surface area contributed by atoms with Crippen LogP contribution in [0.2, 0.25) is 0 Å². The molecule has 0 aromatic heterocycles. The van der Waals surface area contributed by atoms with Crippen LogP contribution in [0, 0.1) is 0 Å². The summed E-state index contributed by atoms with van der Waals surface area (Å²) >= 11 is 3.65. The Morgan fingerprint density at radius 3 is 2.21 bits per heavy atom. The van der Waals surface area contributed by atoms with E-state index in [-0.39, 0.29) is 0 Å². The maximum atomic E-state index is 5.44. The van der Waals surface area contributed by atoms with Crippen molar-refractivity contribution in [2.75, 3.05) is 41.0 Å². The fourth-order valence-electron chi connectivity index (χ4n) is 3.71. The van der Waals surface area contributed by atoms with Crippen molar-refractivity contribution in [3.05, 3.63) is 52.0 Å². The van der Waals surface area contributed by atoms with Crippen LogP contribution in [0.1, 0.15) is 30.0 Å². The van der Waals surface area contributed by atoms with Gasteiger partial charge in [0.05, 0.1) is 21.3 Å². The number of methoxy groups -OCH3 is 3. The van der Waals surface area contributed by atoms with Crippen LogP contribution in [-0.4, -0.2) is 45.9 Å². The number of hydrogen-bond donors (Lipinski definition) is 1. The summed E-state index contributed by atoms with van der Waals surface area (Å²) in [5, 5.41) is 3.64. The summed E-state index contributed by atoms with van der Waals surface area (Å²) in [6.45, 7) is 3.94. The van der Waals surface area contributed by atoms with E-state index in [2.05, 4.69) is 38.3 Å². The number of ether oxygens (including phenoxy) is 3. The normalized spacial score (nSPS) is 15.4. The molecular weight excluding hydrogens is 420 g/mol. The molecule has 0 saturated carbocycles. The fourth-order valence-corrected chi connectivity index (χ4v) is 4.17. The van der Waals surface area contributed by atoms with Gasteiger partial charge in [0.15, 0.2) is 11.5 Å². The molecule has 1 fully saturated rings. The second kappa shape index (κ2) is 10.1. The fraction of sp³-hybridized carbons (Fsp3) is 0.455. The third-order valence-corrected chi connectivity index (χ3v) is 6.03. The SMILES string of the molecule is COc1ccc(C(CNCc2cc(OC)c(OC)cc2Br)N2CCCC2)cc1. The lowest BCUT2D eigenvalue weighted by molar-refractivity contribution is 0.238. The van der Waals surface area contributed by atoms with Gasteiger partial charge in [-0.2, -0.15) is 0 Å². The molecule has 28 heavy (non-hydrogen) atoms. The molecule has 3 rings (SSSR count). The standard InChI is InChI=1S/C22H29BrN2O3/c1-26-18-8-6-16(7-9-18)20(25-10-4-5-11-25)15-24-14-17-12-21(27-2)22(28-3)13-19(17)23/h6-9,12-13,20,24H,4-5,10-11,14-15H2,1-3H3. The molecule has 5 nitrogen and oxygen atoms in total. The van der Waals surface area contributed by atoms with Crippen LogP contribution >= 0.6 is 15.9 Å². The Balaban J connectivity index is 1.70. The average Bonchev–Trinajstić information content (AvgIpc) is 3.26. The molecule has 2 aromatic rings. The Morgan fingerprint density at radius 1 is 0.964 bits per heavy atom. The zero-order chi connectivity index (χ0) is 19.9. The molecule has 1 N–H and O–H groups in total. The molecule has 1 unspecified atom stereocenters. The van der Waals surface area contributed by atoms with E-state index in [9.17, 15) is 0 Å². The lowest BCUT2D eigenvalue weighted by Gasteiger charge is -2.28. The van der Waals surface area contributed by atoms with Crippen molar-refractivity contribution in [3.63, 3.8) is 0 Å². The third kappa shape index (κ3) is 4.99. The first-order valence-corrected chi connectivity index (χ1v) is 10.4. The Labute approximate surface area is 176 Å². The Bertz CT molecular complexity index is 761. The maximum absolute atomic E-state index is 5.44. The molecule has 0 aliphatic carbocycles. The smallest absolute Gasteiger partial charge is 0.161 e. The van der Waals surface area contributed by atoms with Gasteiger partial charge < -0.3 is 19.5 Å². The topological polar surface area (TPSA) is 43.0 Å². The van der Waals surface area contributed by atoms with Crippen molar-refractivity contribution in [2.45, 2.75) is 25.4 Å². The Kier molecular flexibility index (Phi) is 7.59. The van der Waals surface area contributed by atoms with E-state index in [0.29, 0.717) is 6.04 Å². The highest BCUT2D eigenvalue weighted by molar-refractivity contribution is 9.10. The molecule has 1 saturated heterocycles. The van der Waals surface area contributed by atoms with E-state index in [4.69, 9.17) is 14.2 Å². The van der Waals surface area contributed by atoms with Crippen molar-refractivity contribution in [3.8, 4) is 17.2 Å². The summed E-state index contributed by atoms with van der Waals surface area (Å²) in [7, 11) is 5.02. The minimum absolute atomic E-state index is 0.354. The van der Waals surface area contributed by atoms with Gasteiger partial charge in [0.25, 0.3) is 0 Å². The zero-order valence-corrected chi connectivity index (χ0v) is 18.4. The zero-order valence-electron chi connectivity index (χ0n) is 16.8. The predicted octanol–water partition coefficient (Wildman–Crippen LogP) is 4.40. The molecule has 1 aliphatic rings. The Morgan fingerprint density at radius 2 is 1.61 bits per heavy atom. The summed E-state index contributed by atoms with van der Waals surface area (Å²) in [4.78, 5) is 2.57. The second-order valence-electron chi connectivity index (χ2n) is 6.96. The first kappa shape index (κ1) is 21.0. The number of rotatable bonds is 9.